The Morgan fingerprint density at radius 1 is 1.31 bits per heavy atom. The van der Waals surface area contributed by atoms with Crippen molar-refractivity contribution < 1.29 is 0 Å². The van der Waals surface area contributed by atoms with Crippen molar-refractivity contribution in [2.75, 3.05) is 31.4 Å². The summed E-state index contributed by atoms with van der Waals surface area (Å²) >= 11 is 0. The largest absolute Gasteiger partial charge is 0.268 e. The Balaban J connectivity index is 4.34. The molecule has 0 heterocycles. The summed E-state index contributed by atoms with van der Waals surface area (Å²) in [5.74, 6) is 1.08. The first-order valence-electron chi connectivity index (χ1n) is 4.74. The molecular weight excluding hydrogens is 178 g/mol. The lowest BCUT2D eigenvalue weighted by Crippen LogP contribution is -2.28. The van der Waals surface area contributed by atoms with E-state index in [1.54, 1.807) is 0 Å². The highest BCUT2D eigenvalue weighted by Gasteiger charge is 2.18. The monoisotopic (exact) mass is 201 g/mol. The minimum absolute atomic E-state index is 0.671. The fourth-order valence-electron chi connectivity index (χ4n) is 1.53. The third-order valence-corrected chi connectivity index (χ3v) is 5.22. The molecule has 78 valence electrons. The summed E-state index contributed by atoms with van der Waals surface area (Å²) in [6.07, 6.45) is 6.56. The molecule has 2 heteroatoms. The van der Waals surface area contributed by atoms with E-state index in [0.29, 0.717) is 0 Å². The minimum Gasteiger partial charge on any atom is -0.268 e. The number of hydrogen-bond donors (Lipinski definition) is 0. The molecule has 0 spiro atoms. The summed E-state index contributed by atoms with van der Waals surface area (Å²) in [5.41, 5.74) is 1.16. The van der Waals surface area contributed by atoms with Gasteiger partial charge in [0.25, 0.3) is 0 Å². The molecule has 0 unspecified atom stereocenters. The van der Waals surface area contributed by atoms with Crippen LogP contribution in [0.3, 0.4) is 0 Å². The number of nitrogens with zero attached hydrogens (tertiary/aromatic N) is 1. The van der Waals surface area contributed by atoms with Gasteiger partial charge < -0.3 is 0 Å². The predicted octanol–water partition coefficient (Wildman–Crippen LogP) is 3.05. The maximum Gasteiger partial charge on any atom is 0.0133 e. The Morgan fingerprint density at radius 2 is 1.77 bits per heavy atom. The Bertz CT molecular complexity index is 181. The van der Waals surface area contributed by atoms with Crippen molar-refractivity contribution >= 4 is 10.2 Å². The van der Waals surface area contributed by atoms with Gasteiger partial charge in [0.2, 0.25) is 0 Å². The smallest absolute Gasteiger partial charge is 0.0133 e. The van der Waals surface area contributed by atoms with Crippen molar-refractivity contribution in [3.05, 3.63) is 24.8 Å². The summed E-state index contributed by atoms with van der Waals surface area (Å²) in [4.78, 5) is 0. The van der Waals surface area contributed by atoms with E-state index in [0.717, 1.165) is 24.4 Å². The molecule has 0 saturated carbocycles. The third kappa shape index (κ3) is 4.01. The van der Waals surface area contributed by atoms with Crippen molar-refractivity contribution in [1.82, 2.24) is 4.31 Å². The van der Waals surface area contributed by atoms with Crippen LogP contribution in [0.15, 0.2) is 24.8 Å². The number of rotatable bonds is 6. The van der Waals surface area contributed by atoms with Crippen LogP contribution in [0.5, 0.6) is 0 Å². The topological polar surface area (TPSA) is 3.24 Å². The molecule has 0 aliphatic carbocycles. The van der Waals surface area contributed by atoms with Crippen LogP contribution >= 0.6 is 10.2 Å². The molecule has 0 amide bonds. The Morgan fingerprint density at radius 3 is 2.08 bits per heavy atom. The standard InChI is InChI=1S/C11H23NS/c1-7-11(4)10-13(5,6)12(8-2)9-3/h7H,1,4,8-10H2,2-3,5-6H3. The maximum absolute atomic E-state index is 3.99. The van der Waals surface area contributed by atoms with Gasteiger partial charge in [-0.1, -0.05) is 33.1 Å². The quantitative estimate of drug-likeness (QED) is 0.597. The molecule has 0 fully saturated rings. The molecule has 0 aliphatic rings. The third-order valence-electron chi connectivity index (χ3n) is 2.23. The highest BCUT2D eigenvalue weighted by atomic mass is 32.3. The minimum atomic E-state index is -0.671. The zero-order valence-electron chi connectivity index (χ0n) is 9.47. The highest BCUT2D eigenvalue weighted by molar-refractivity contribution is 8.30. The summed E-state index contributed by atoms with van der Waals surface area (Å²) in [7, 11) is -0.671. The summed E-state index contributed by atoms with van der Waals surface area (Å²) in [5, 5.41) is 0. The Hall–Kier alpha value is -0.210. The predicted molar refractivity (Wildman–Crippen MR) is 66.6 cm³/mol. The second kappa shape index (κ2) is 5.51. The fourth-order valence-corrected chi connectivity index (χ4v) is 4.13. The first-order chi connectivity index (χ1) is 5.97. The summed E-state index contributed by atoms with van der Waals surface area (Å²) in [6, 6.07) is 0. The van der Waals surface area contributed by atoms with Crippen LogP contribution in [-0.2, 0) is 0 Å². The summed E-state index contributed by atoms with van der Waals surface area (Å²) < 4.78 is 2.53. The fraction of sp³-hybridized carbons (Fsp3) is 0.636. The Kier molecular flexibility index (Phi) is 5.42. The van der Waals surface area contributed by atoms with Gasteiger partial charge in [0.1, 0.15) is 0 Å². The normalized spacial score (nSPS) is 13.0. The molecule has 0 saturated heterocycles. The van der Waals surface area contributed by atoms with E-state index in [2.05, 4.69) is 43.8 Å². The first-order valence-corrected chi connectivity index (χ1v) is 7.31. The lowest BCUT2D eigenvalue weighted by atomic mass is 10.4. The molecular formula is C11H23NS. The average Bonchev–Trinajstić information content (AvgIpc) is 2.05. The van der Waals surface area contributed by atoms with E-state index >= 15 is 0 Å². The summed E-state index contributed by atoms with van der Waals surface area (Å²) in [6.45, 7) is 14.4. The van der Waals surface area contributed by atoms with Gasteiger partial charge in [0.05, 0.1) is 0 Å². The van der Waals surface area contributed by atoms with Crippen molar-refractivity contribution in [3.8, 4) is 0 Å². The maximum atomic E-state index is 3.99. The van der Waals surface area contributed by atoms with Crippen LogP contribution < -0.4 is 0 Å². The number of hydrogen-bond acceptors (Lipinski definition) is 1. The first kappa shape index (κ1) is 12.8. The zero-order valence-corrected chi connectivity index (χ0v) is 10.3. The van der Waals surface area contributed by atoms with Crippen molar-refractivity contribution in [2.45, 2.75) is 13.8 Å². The second-order valence-electron chi connectivity index (χ2n) is 3.60. The van der Waals surface area contributed by atoms with Gasteiger partial charge in [-0.2, -0.15) is 10.2 Å². The van der Waals surface area contributed by atoms with Gasteiger partial charge >= 0.3 is 0 Å². The molecule has 0 aromatic heterocycles. The van der Waals surface area contributed by atoms with E-state index in [-0.39, 0.29) is 0 Å². The van der Waals surface area contributed by atoms with Gasteiger partial charge in [-0.3, -0.25) is 4.31 Å². The molecule has 0 aliphatic heterocycles. The second-order valence-corrected chi connectivity index (χ2v) is 7.37. The molecule has 0 rings (SSSR count). The van der Waals surface area contributed by atoms with Crippen molar-refractivity contribution in [2.24, 2.45) is 0 Å². The molecule has 0 aromatic carbocycles. The lowest BCUT2D eigenvalue weighted by Gasteiger charge is -2.42. The SMILES string of the molecule is C=CC(=C)CS(C)(C)N(CC)CC. The molecule has 0 atom stereocenters. The van der Waals surface area contributed by atoms with E-state index in [4.69, 9.17) is 0 Å². The van der Waals surface area contributed by atoms with E-state index in [1.165, 1.54) is 0 Å². The van der Waals surface area contributed by atoms with E-state index in [9.17, 15) is 0 Å². The average molecular weight is 201 g/mol. The van der Waals surface area contributed by atoms with Crippen LogP contribution in [-0.4, -0.2) is 35.7 Å². The van der Waals surface area contributed by atoms with E-state index in [1.807, 2.05) is 6.08 Å². The van der Waals surface area contributed by atoms with Gasteiger partial charge in [-0.25, -0.2) is 0 Å². The van der Waals surface area contributed by atoms with Crippen LogP contribution in [0, 0.1) is 0 Å². The van der Waals surface area contributed by atoms with Gasteiger partial charge in [0, 0.05) is 18.8 Å². The van der Waals surface area contributed by atoms with Crippen LogP contribution in [0.4, 0.5) is 0 Å². The van der Waals surface area contributed by atoms with Crippen LogP contribution in [0.2, 0.25) is 0 Å². The molecule has 0 aromatic rings. The van der Waals surface area contributed by atoms with Gasteiger partial charge in [-0.15, -0.1) is 0 Å². The molecule has 13 heavy (non-hydrogen) atoms. The van der Waals surface area contributed by atoms with Crippen molar-refractivity contribution in [1.29, 1.82) is 0 Å². The number of allylic oxidation sites excluding steroid dienone is 1. The van der Waals surface area contributed by atoms with Crippen LogP contribution in [0.1, 0.15) is 13.8 Å². The van der Waals surface area contributed by atoms with E-state index < -0.39 is 10.2 Å². The molecule has 1 nitrogen and oxygen atoms in total. The molecule has 0 radical (unpaired) electrons. The van der Waals surface area contributed by atoms with Crippen LogP contribution in [0.25, 0.3) is 0 Å². The lowest BCUT2D eigenvalue weighted by molar-refractivity contribution is 0.513. The highest BCUT2D eigenvalue weighted by Crippen LogP contribution is 2.45. The van der Waals surface area contributed by atoms with Gasteiger partial charge in [-0.05, 0) is 18.1 Å². The molecule has 0 bridgehead atoms. The van der Waals surface area contributed by atoms with Crippen molar-refractivity contribution in [3.63, 3.8) is 0 Å². The molecule has 0 N–H and O–H groups in total. The van der Waals surface area contributed by atoms with Gasteiger partial charge in [0.15, 0.2) is 0 Å². The zero-order chi connectivity index (χ0) is 10.5. The Labute approximate surface area is 85.0 Å².